The minimum absolute atomic E-state index is 0.0423. The maximum Gasteiger partial charge on any atom is 0.343 e. The molecule has 1 saturated carbocycles. The number of pyridine rings is 1. The second-order valence-electron chi connectivity index (χ2n) is 8.37. The number of rotatable bonds is 6. The Morgan fingerprint density at radius 2 is 2.00 bits per heavy atom. The fraction of sp³-hybridized carbons (Fsp3) is 0.500. The summed E-state index contributed by atoms with van der Waals surface area (Å²) in [6, 6.07) is 4.04. The van der Waals surface area contributed by atoms with E-state index < -0.39 is 5.97 Å². The van der Waals surface area contributed by atoms with Crippen LogP contribution in [0.15, 0.2) is 28.1 Å². The first-order valence-corrected chi connectivity index (χ1v) is 12.9. The van der Waals surface area contributed by atoms with Crippen LogP contribution in [0.1, 0.15) is 43.1 Å². The van der Waals surface area contributed by atoms with E-state index in [4.69, 9.17) is 15.0 Å². The number of carbonyl (C=O) groups is 1. The molecule has 1 N–H and O–H groups in total. The Kier molecular flexibility index (Phi) is 7.44. The number of fused-ring (bicyclic) bond motifs is 1. The van der Waals surface area contributed by atoms with Gasteiger partial charge in [0.25, 0.3) is 0 Å². The largest absolute Gasteiger partial charge is 0.462 e. The molecule has 0 radical (unpaired) electrons. The number of hydrogen-bond acceptors (Lipinski definition) is 8. The first-order chi connectivity index (χ1) is 16.5. The predicted octanol–water partition coefficient (Wildman–Crippen LogP) is 3.08. The van der Waals surface area contributed by atoms with Gasteiger partial charge in [-0.3, -0.25) is 10.1 Å². The van der Waals surface area contributed by atoms with Crippen LogP contribution in [0, 0.1) is 11.5 Å². The maximum atomic E-state index is 13.4. The molecule has 2 fully saturated rings. The molecule has 1 aliphatic heterocycles. The first-order valence-electron chi connectivity index (χ1n) is 11.7. The molecule has 2 aliphatic rings. The zero-order valence-corrected chi connectivity index (χ0v) is 20.7. The summed E-state index contributed by atoms with van der Waals surface area (Å²) in [4.78, 5) is 35.3. The number of anilines is 1. The molecular weight excluding hydrogens is 452 g/mol. The lowest BCUT2D eigenvalue weighted by Gasteiger charge is -2.36. The Balaban J connectivity index is 1.92. The third-order valence-electron chi connectivity index (χ3n) is 6.30. The highest BCUT2D eigenvalue weighted by Gasteiger charge is 2.29. The van der Waals surface area contributed by atoms with Gasteiger partial charge >= 0.3 is 5.97 Å². The molecule has 9 nitrogen and oxygen atoms in total. The summed E-state index contributed by atoms with van der Waals surface area (Å²) in [6.45, 7) is 8.68. The topological polar surface area (TPSA) is 103 Å². The minimum atomic E-state index is -0.607. The second kappa shape index (κ2) is 10.5. The number of thioether (sulfide) groups is 1. The number of ether oxygens (including phenoxy) is 1. The quantitative estimate of drug-likeness (QED) is 0.220. The van der Waals surface area contributed by atoms with Crippen molar-refractivity contribution >= 4 is 45.2 Å². The van der Waals surface area contributed by atoms with Crippen LogP contribution in [0.25, 0.3) is 10.9 Å². The van der Waals surface area contributed by atoms with E-state index >= 15 is 0 Å². The molecule has 1 aromatic carbocycles. The highest BCUT2D eigenvalue weighted by Crippen LogP contribution is 2.40. The smallest absolute Gasteiger partial charge is 0.343 e. The van der Waals surface area contributed by atoms with E-state index in [1.165, 1.54) is 11.8 Å². The summed E-state index contributed by atoms with van der Waals surface area (Å²) >= 11 is 1.32. The van der Waals surface area contributed by atoms with Crippen molar-refractivity contribution in [2.24, 2.45) is 4.99 Å². The van der Waals surface area contributed by atoms with Gasteiger partial charge in [-0.15, -0.1) is 0 Å². The summed E-state index contributed by atoms with van der Waals surface area (Å²) in [7, 11) is 0. The molecule has 0 amide bonds. The Bertz CT molecular complexity index is 1210. The molecule has 4 rings (SSSR count). The van der Waals surface area contributed by atoms with E-state index in [-0.39, 0.29) is 23.6 Å². The van der Waals surface area contributed by atoms with Gasteiger partial charge in [0.1, 0.15) is 5.56 Å². The minimum Gasteiger partial charge on any atom is -0.462 e. The highest BCUT2D eigenvalue weighted by atomic mass is 32.2. The molecule has 10 heteroatoms. The lowest BCUT2D eigenvalue weighted by Crippen LogP contribution is -2.46. The maximum absolute atomic E-state index is 13.4. The number of amidine groups is 1. The highest BCUT2D eigenvalue weighted by molar-refractivity contribution is 8.13. The molecule has 2 heterocycles. The zero-order valence-electron chi connectivity index (χ0n) is 19.8. The van der Waals surface area contributed by atoms with Crippen LogP contribution >= 0.6 is 11.8 Å². The van der Waals surface area contributed by atoms with Crippen molar-refractivity contribution in [3.63, 3.8) is 0 Å². The average molecular weight is 483 g/mol. The molecule has 34 heavy (non-hydrogen) atoms. The van der Waals surface area contributed by atoms with Crippen LogP contribution in [0.4, 0.5) is 11.4 Å². The van der Waals surface area contributed by atoms with Gasteiger partial charge in [0, 0.05) is 43.8 Å². The fourth-order valence-corrected chi connectivity index (χ4v) is 4.65. The van der Waals surface area contributed by atoms with Crippen LogP contribution in [0.3, 0.4) is 0 Å². The summed E-state index contributed by atoms with van der Waals surface area (Å²) < 4.78 is 7.20. The van der Waals surface area contributed by atoms with Crippen LogP contribution in [0.5, 0.6) is 0 Å². The Labute approximate surface area is 203 Å². The van der Waals surface area contributed by atoms with E-state index in [0.717, 1.165) is 56.8 Å². The number of nitriles is 1. The van der Waals surface area contributed by atoms with Crippen LogP contribution in [0.2, 0.25) is 0 Å². The normalized spacial score (nSPS) is 17.0. The second-order valence-corrected chi connectivity index (χ2v) is 9.16. The van der Waals surface area contributed by atoms with Crippen molar-refractivity contribution in [1.29, 1.82) is 5.26 Å². The van der Waals surface area contributed by atoms with Gasteiger partial charge in [-0.05, 0) is 44.7 Å². The third kappa shape index (κ3) is 4.91. The number of carbonyl (C=O) groups excluding carboxylic acids is 1. The molecular formula is C24H30N6O3S. The van der Waals surface area contributed by atoms with Gasteiger partial charge in [-0.1, -0.05) is 18.7 Å². The van der Waals surface area contributed by atoms with Crippen molar-refractivity contribution in [2.75, 3.05) is 50.5 Å². The number of benzene rings is 1. The first kappa shape index (κ1) is 24.1. The van der Waals surface area contributed by atoms with Crippen molar-refractivity contribution in [2.45, 2.75) is 32.7 Å². The zero-order chi connectivity index (χ0) is 24.2. The fourth-order valence-electron chi connectivity index (χ4n) is 4.31. The lowest BCUT2D eigenvalue weighted by atomic mass is 10.1. The summed E-state index contributed by atoms with van der Waals surface area (Å²) in [6.07, 6.45) is 7.43. The summed E-state index contributed by atoms with van der Waals surface area (Å²) in [5.74, 6) is -0.607. The van der Waals surface area contributed by atoms with Gasteiger partial charge in [0.15, 0.2) is 11.4 Å². The van der Waals surface area contributed by atoms with Crippen LogP contribution in [-0.4, -0.2) is 66.2 Å². The number of esters is 1. The van der Waals surface area contributed by atoms with E-state index in [1.54, 1.807) is 19.2 Å². The molecule has 0 spiro atoms. The van der Waals surface area contributed by atoms with Gasteiger partial charge < -0.3 is 19.1 Å². The average Bonchev–Trinajstić information content (AvgIpc) is 3.69. The number of piperazine rings is 1. The number of aliphatic imine (C=N–C) groups is 1. The van der Waals surface area contributed by atoms with E-state index in [2.05, 4.69) is 22.0 Å². The van der Waals surface area contributed by atoms with Crippen LogP contribution < -0.4 is 15.6 Å². The Morgan fingerprint density at radius 1 is 1.26 bits per heavy atom. The van der Waals surface area contributed by atoms with Gasteiger partial charge in [-0.25, -0.2) is 9.79 Å². The number of likely N-dealkylation sites (N-methyl/N-ethyl adjacent to an activating group) is 1. The van der Waals surface area contributed by atoms with Crippen molar-refractivity contribution < 1.29 is 9.53 Å². The van der Waals surface area contributed by atoms with Crippen LogP contribution in [-0.2, 0) is 4.74 Å². The Morgan fingerprint density at radius 3 is 2.59 bits per heavy atom. The molecule has 180 valence electrons. The van der Waals surface area contributed by atoms with Gasteiger partial charge in [0.05, 0.1) is 23.5 Å². The molecule has 2 aromatic rings. The SMILES string of the molecule is CCOC(=O)c1cn(C2CC2)c2cc(N3CCN(CC)CC3)c(N=C(NC#N)SC)cc2c1=O. The van der Waals surface area contributed by atoms with Gasteiger partial charge in [-0.2, -0.15) is 5.26 Å². The number of nitrogens with zero attached hydrogens (tertiary/aromatic N) is 5. The van der Waals surface area contributed by atoms with Crippen molar-refractivity contribution in [3.8, 4) is 6.19 Å². The van der Waals surface area contributed by atoms with E-state index in [9.17, 15) is 9.59 Å². The van der Waals surface area contributed by atoms with Gasteiger partial charge in [0.2, 0.25) is 5.43 Å². The standard InChI is InChI=1S/C24H30N6O3S/c1-4-28-8-10-29(11-9-28)21-13-20-17(12-19(21)27-24(34-3)26-15-25)22(31)18(23(32)33-5-2)14-30(20)16-6-7-16/h12-14,16H,4-11H2,1-3H3,(H,26,27). The molecule has 0 unspecified atom stereocenters. The predicted molar refractivity (Wildman–Crippen MR) is 136 cm³/mol. The van der Waals surface area contributed by atoms with E-state index in [1.807, 2.05) is 23.1 Å². The number of hydrogen-bond donors (Lipinski definition) is 1. The van der Waals surface area contributed by atoms with E-state index in [0.29, 0.717) is 16.2 Å². The van der Waals surface area contributed by atoms with Crippen molar-refractivity contribution in [1.82, 2.24) is 14.8 Å². The molecule has 1 aromatic heterocycles. The molecule has 1 saturated heterocycles. The summed E-state index contributed by atoms with van der Waals surface area (Å²) in [5.41, 5.74) is 2.01. The van der Waals surface area contributed by atoms with Crippen molar-refractivity contribution in [3.05, 3.63) is 34.1 Å². The summed E-state index contributed by atoms with van der Waals surface area (Å²) in [5, 5.41) is 12.6. The molecule has 0 bridgehead atoms. The number of aromatic nitrogens is 1. The molecule has 0 atom stereocenters. The molecule has 1 aliphatic carbocycles. The number of nitrogens with one attached hydrogen (secondary N) is 1. The monoisotopic (exact) mass is 482 g/mol. The third-order valence-corrected chi connectivity index (χ3v) is 6.88. The lowest BCUT2D eigenvalue weighted by molar-refractivity contribution is 0.0524. The Hall–Kier alpha value is -3.03.